The minimum atomic E-state index is -4.50. The van der Waals surface area contributed by atoms with Crippen LogP contribution in [-0.4, -0.2) is 47.3 Å². The summed E-state index contributed by atoms with van der Waals surface area (Å²) in [6.07, 6.45) is -4.50. The van der Waals surface area contributed by atoms with Gasteiger partial charge in [0.1, 0.15) is 0 Å². The lowest BCUT2D eigenvalue weighted by Gasteiger charge is -2.34. The normalized spacial score (nSPS) is 15.1. The molecular formula is C15H14Cl2F3N5OS. The number of halogens is 5. The lowest BCUT2D eigenvalue weighted by atomic mass is 10.2. The monoisotopic (exact) mass is 439 g/mol. The fraction of sp³-hybridized carbons (Fsp3) is 0.400. The van der Waals surface area contributed by atoms with E-state index in [1.165, 1.54) is 0 Å². The highest BCUT2D eigenvalue weighted by Crippen LogP contribution is 2.34. The smallest absolute Gasteiger partial charge is 0.343 e. The van der Waals surface area contributed by atoms with Crippen molar-refractivity contribution >= 4 is 45.7 Å². The van der Waals surface area contributed by atoms with Crippen LogP contribution in [0.2, 0.25) is 10.0 Å². The molecule has 0 aliphatic carbocycles. The fourth-order valence-electron chi connectivity index (χ4n) is 2.54. The number of aromatic nitrogens is 2. The van der Waals surface area contributed by atoms with Gasteiger partial charge in [0, 0.05) is 48.3 Å². The Hall–Kier alpha value is -1.78. The number of urea groups is 1. The van der Waals surface area contributed by atoms with Gasteiger partial charge < -0.3 is 15.1 Å². The Labute approximate surface area is 166 Å². The molecule has 0 spiro atoms. The third-order valence-electron chi connectivity index (χ3n) is 3.97. The van der Waals surface area contributed by atoms with Gasteiger partial charge in [-0.3, -0.25) is 0 Å². The van der Waals surface area contributed by atoms with E-state index in [0.29, 0.717) is 53.1 Å². The van der Waals surface area contributed by atoms with Gasteiger partial charge in [-0.1, -0.05) is 40.6 Å². The van der Waals surface area contributed by atoms with Crippen LogP contribution in [0.1, 0.15) is 10.6 Å². The van der Waals surface area contributed by atoms with Gasteiger partial charge in [-0.25, -0.2) is 4.79 Å². The SMILES string of the molecule is O=C(NCc1c(Cl)cccc1Cl)N1CCN(c2nnc(C(F)(F)F)s2)CC1. The number of amides is 2. The van der Waals surface area contributed by atoms with Crippen LogP contribution in [0.4, 0.5) is 23.1 Å². The lowest BCUT2D eigenvalue weighted by Crippen LogP contribution is -2.51. The highest BCUT2D eigenvalue weighted by Gasteiger charge is 2.36. The summed E-state index contributed by atoms with van der Waals surface area (Å²) < 4.78 is 37.9. The van der Waals surface area contributed by atoms with Crippen LogP contribution < -0.4 is 10.2 Å². The highest BCUT2D eigenvalue weighted by molar-refractivity contribution is 7.15. The van der Waals surface area contributed by atoms with Gasteiger partial charge in [-0.2, -0.15) is 13.2 Å². The third-order valence-corrected chi connectivity index (χ3v) is 5.71. The van der Waals surface area contributed by atoms with Gasteiger partial charge in [-0.15, -0.1) is 10.2 Å². The standard InChI is InChI=1S/C15H14Cl2F3N5OS/c16-10-2-1-3-11(17)9(10)8-21-13(26)24-4-6-25(7-5-24)14-23-22-12(27-14)15(18,19)20/h1-3H,4-8H2,(H,21,26). The zero-order valence-corrected chi connectivity index (χ0v) is 16.1. The summed E-state index contributed by atoms with van der Waals surface area (Å²) >= 11 is 12.6. The molecule has 1 aliphatic rings. The quantitative estimate of drug-likeness (QED) is 0.787. The average Bonchev–Trinajstić information content (AvgIpc) is 3.12. The average molecular weight is 440 g/mol. The topological polar surface area (TPSA) is 61.4 Å². The van der Waals surface area contributed by atoms with E-state index in [0.717, 1.165) is 0 Å². The molecule has 2 amide bonds. The molecular weight excluding hydrogens is 426 g/mol. The van der Waals surface area contributed by atoms with Crippen LogP contribution in [0.25, 0.3) is 0 Å². The molecule has 2 aromatic rings. The second-order valence-corrected chi connectivity index (χ2v) is 7.49. The maximum absolute atomic E-state index is 12.6. The van der Waals surface area contributed by atoms with E-state index >= 15 is 0 Å². The van der Waals surface area contributed by atoms with E-state index < -0.39 is 11.2 Å². The minimum absolute atomic E-state index is 0.183. The van der Waals surface area contributed by atoms with Gasteiger partial charge in [0.2, 0.25) is 10.1 Å². The Morgan fingerprint density at radius 3 is 2.33 bits per heavy atom. The van der Waals surface area contributed by atoms with Crippen LogP contribution in [0.15, 0.2) is 18.2 Å². The zero-order valence-electron chi connectivity index (χ0n) is 13.8. The van der Waals surface area contributed by atoms with Crippen molar-refractivity contribution in [1.82, 2.24) is 20.4 Å². The van der Waals surface area contributed by atoms with Crippen molar-refractivity contribution in [2.45, 2.75) is 12.7 Å². The summed E-state index contributed by atoms with van der Waals surface area (Å²) in [6, 6.07) is 4.79. The molecule has 0 radical (unpaired) electrons. The Morgan fingerprint density at radius 1 is 1.15 bits per heavy atom. The summed E-state index contributed by atoms with van der Waals surface area (Å²) in [7, 11) is 0. The van der Waals surface area contributed by atoms with E-state index in [2.05, 4.69) is 15.5 Å². The number of anilines is 1. The second-order valence-electron chi connectivity index (χ2n) is 5.72. The van der Waals surface area contributed by atoms with Crippen molar-refractivity contribution in [3.63, 3.8) is 0 Å². The molecule has 1 aromatic carbocycles. The van der Waals surface area contributed by atoms with Crippen molar-refractivity contribution in [1.29, 1.82) is 0 Å². The second kappa shape index (κ2) is 8.07. The fourth-order valence-corrected chi connectivity index (χ4v) is 3.83. The molecule has 27 heavy (non-hydrogen) atoms. The molecule has 6 nitrogen and oxygen atoms in total. The highest BCUT2D eigenvalue weighted by atomic mass is 35.5. The lowest BCUT2D eigenvalue weighted by molar-refractivity contribution is -0.138. The summed E-state index contributed by atoms with van der Waals surface area (Å²) in [5.41, 5.74) is 0.626. The molecule has 1 aromatic heterocycles. The van der Waals surface area contributed by atoms with E-state index in [-0.39, 0.29) is 17.7 Å². The summed E-state index contributed by atoms with van der Waals surface area (Å²) in [4.78, 5) is 15.6. The summed E-state index contributed by atoms with van der Waals surface area (Å²) in [5.74, 6) is 0. The maximum Gasteiger partial charge on any atom is 0.445 e. The first-order chi connectivity index (χ1) is 12.8. The molecule has 146 valence electrons. The number of nitrogens with one attached hydrogen (secondary N) is 1. The van der Waals surface area contributed by atoms with E-state index in [9.17, 15) is 18.0 Å². The molecule has 3 rings (SSSR count). The largest absolute Gasteiger partial charge is 0.445 e. The van der Waals surface area contributed by atoms with Crippen molar-refractivity contribution in [3.05, 3.63) is 38.8 Å². The van der Waals surface area contributed by atoms with Gasteiger partial charge >= 0.3 is 12.2 Å². The molecule has 1 aliphatic heterocycles. The summed E-state index contributed by atoms with van der Waals surface area (Å²) in [5, 5.41) is 9.68. The molecule has 1 N–H and O–H groups in total. The van der Waals surface area contributed by atoms with Crippen LogP contribution in [0.5, 0.6) is 0 Å². The molecule has 1 saturated heterocycles. The first-order valence-corrected chi connectivity index (χ1v) is 9.44. The number of hydrogen-bond donors (Lipinski definition) is 1. The van der Waals surface area contributed by atoms with Crippen molar-refractivity contribution in [2.24, 2.45) is 0 Å². The zero-order chi connectivity index (χ0) is 19.6. The number of carbonyl (C=O) groups excluding carboxylic acids is 1. The Bertz CT molecular complexity index is 804. The van der Waals surface area contributed by atoms with Gasteiger partial charge in [0.15, 0.2) is 0 Å². The van der Waals surface area contributed by atoms with Gasteiger partial charge in [0.25, 0.3) is 0 Å². The number of carbonyl (C=O) groups is 1. The Balaban J connectivity index is 1.53. The van der Waals surface area contributed by atoms with Crippen molar-refractivity contribution < 1.29 is 18.0 Å². The first-order valence-electron chi connectivity index (χ1n) is 7.87. The molecule has 12 heteroatoms. The molecule has 0 bridgehead atoms. The predicted octanol–water partition coefficient (Wildman–Crippen LogP) is 3.90. The van der Waals surface area contributed by atoms with Crippen LogP contribution >= 0.6 is 34.5 Å². The van der Waals surface area contributed by atoms with E-state index in [1.54, 1.807) is 28.0 Å². The minimum Gasteiger partial charge on any atom is -0.343 e. The number of piperazine rings is 1. The third kappa shape index (κ3) is 4.74. The van der Waals surface area contributed by atoms with Crippen molar-refractivity contribution in [3.8, 4) is 0 Å². The van der Waals surface area contributed by atoms with Crippen LogP contribution in [-0.2, 0) is 12.7 Å². The van der Waals surface area contributed by atoms with Crippen LogP contribution in [0.3, 0.4) is 0 Å². The molecule has 2 heterocycles. The Kier molecular flexibility index (Phi) is 5.97. The molecule has 0 atom stereocenters. The molecule has 0 saturated carbocycles. The van der Waals surface area contributed by atoms with Crippen molar-refractivity contribution in [2.75, 3.05) is 31.1 Å². The number of alkyl halides is 3. The number of hydrogen-bond acceptors (Lipinski definition) is 5. The van der Waals surface area contributed by atoms with E-state index in [1.807, 2.05) is 0 Å². The number of benzene rings is 1. The number of rotatable bonds is 3. The number of nitrogens with zero attached hydrogens (tertiary/aromatic N) is 4. The predicted molar refractivity (Wildman–Crippen MR) is 97.4 cm³/mol. The van der Waals surface area contributed by atoms with Gasteiger partial charge in [-0.05, 0) is 12.1 Å². The van der Waals surface area contributed by atoms with Gasteiger partial charge in [0.05, 0.1) is 0 Å². The maximum atomic E-state index is 12.6. The summed E-state index contributed by atoms with van der Waals surface area (Å²) in [6.45, 7) is 1.62. The first kappa shape index (κ1) is 20.0. The molecule has 1 fully saturated rings. The van der Waals surface area contributed by atoms with Crippen LogP contribution in [0, 0.1) is 0 Å². The molecule has 0 unspecified atom stereocenters. The Morgan fingerprint density at radius 2 is 1.78 bits per heavy atom. The van der Waals surface area contributed by atoms with E-state index in [4.69, 9.17) is 23.2 Å².